The van der Waals surface area contributed by atoms with Gasteiger partial charge in [0, 0.05) is 5.75 Å². The zero-order valence-electron chi connectivity index (χ0n) is 10.6. The van der Waals surface area contributed by atoms with E-state index in [1.807, 2.05) is 0 Å². The van der Waals surface area contributed by atoms with Crippen LogP contribution in [-0.4, -0.2) is 26.2 Å². The Kier molecular flexibility index (Phi) is 4.91. The van der Waals surface area contributed by atoms with E-state index in [0.29, 0.717) is 15.8 Å². The molecule has 0 aliphatic rings. The van der Waals surface area contributed by atoms with Gasteiger partial charge in [-0.2, -0.15) is 0 Å². The molecular formula is C12H12Cl2N4OS. The minimum absolute atomic E-state index is 0.259. The van der Waals surface area contributed by atoms with Crippen molar-refractivity contribution in [3.8, 4) is 5.69 Å². The summed E-state index contributed by atoms with van der Waals surface area (Å²) in [6.45, 7) is 1.76. The molecule has 1 heterocycles. The third kappa shape index (κ3) is 3.65. The van der Waals surface area contributed by atoms with Crippen LogP contribution < -0.4 is 5.73 Å². The van der Waals surface area contributed by atoms with Gasteiger partial charge in [0.25, 0.3) is 0 Å². The lowest BCUT2D eigenvalue weighted by Gasteiger charge is -2.04. The van der Waals surface area contributed by atoms with Crippen molar-refractivity contribution < 1.29 is 4.79 Å². The van der Waals surface area contributed by atoms with Crippen molar-refractivity contribution in [2.75, 3.05) is 0 Å². The normalized spacial score (nSPS) is 12.3. The molecule has 0 aliphatic carbocycles. The number of aromatic nitrogens is 3. The summed E-state index contributed by atoms with van der Waals surface area (Å²) in [7, 11) is 0. The van der Waals surface area contributed by atoms with Crippen molar-refractivity contribution in [2.45, 2.75) is 17.9 Å². The molecule has 0 unspecified atom stereocenters. The molecule has 0 spiro atoms. The van der Waals surface area contributed by atoms with E-state index < -0.39 is 0 Å². The topological polar surface area (TPSA) is 73.8 Å². The number of nitrogens with two attached hydrogens (primary N) is 1. The van der Waals surface area contributed by atoms with Crippen molar-refractivity contribution >= 4 is 40.9 Å². The Bertz CT molecular complexity index is 632. The zero-order chi connectivity index (χ0) is 14.7. The maximum atomic E-state index is 10.9. The van der Waals surface area contributed by atoms with Gasteiger partial charge in [-0.15, -0.1) is 16.9 Å². The van der Waals surface area contributed by atoms with E-state index in [-0.39, 0.29) is 11.2 Å². The highest BCUT2D eigenvalue weighted by Crippen LogP contribution is 2.24. The van der Waals surface area contributed by atoms with Crippen molar-refractivity contribution in [3.63, 3.8) is 0 Å². The lowest BCUT2D eigenvalue weighted by molar-refractivity contribution is -0.117. The molecule has 5 nitrogen and oxygen atoms in total. The average Bonchev–Trinajstić information content (AvgIpc) is 2.87. The van der Waals surface area contributed by atoms with Crippen LogP contribution in [0.15, 0.2) is 24.4 Å². The van der Waals surface area contributed by atoms with Crippen LogP contribution in [0.25, 0.3) is 5.69 Å². The number of thioether (sulfide) groups is 1. The van der Waals surface area contributed by atoms with Gasteiger partial charge in [-0.25, -0.2) is 4.68 Å². The molecule has 0 saturated carbocycles. The van der Waals surface area contributed by atoms with Crippen LogP contribution in [0.4, 0.5) is 0 Å². The van der Waals surface area contributed by atoms with E-state index in [0.717, 1.165) is 11.4 Å². The smallest absolute Gasteiger partial charge is 0.230 e. The molecular weight excluding hydrogens is 319 g/mol. The number of carbonyl (C=O) groups is 1. The number of nitrogens with zero attached hydrogens (tertiary/aromatic N) is 3. The Morgan fingerprint density at radius 2 is 2.20 bits per heavy atom. The molecule has 1 aromatic heterocycles. The minimum Gasteiger partial charge on any atom is -0.369 e. The summed E-state index contributed by atoms with van der Waals surface area (Å²) in [5, 5.41) is 8.74. The predicted molar refractivity (Wildman–Crippen MR) is 81.3 cm³/mol. The number of halogens is 2. The Morgan fingerprint density at radius 3 is 2.85 bits per heavy atom. The van der Waals surface area contributed by atoms with Gasteiger partial charge >= 0.3 is 0 Å². The largest absolute Gasteiger partial charge is 0.369 e. The SMILES string of the molecule is C[C@@H](SCc1cn(-c2ccc(Cl)c(Cl)c2)nn1)C(N)=O. The average molecular weight is 331 g/mol. The maximum Gasteiger partial charge on any atom is 0.230 e. The quantitative estimate of drug-likeness (QED) is 0.914. The number of hydrogen-bond acceptors (Lipinski definition) is 4. The summed E-state index contributed by atoms with van der Waals surface area (Å²) in [6.07, 6.45) is 1.78. The fourth-order valence-corrected chi connectivity index (χ4v) is 2.42. The zero-order valence-corrected chi connectivity index (χ0v) is 12.9. The van der Waals surface area contributed by atoms with Gasteiger partial charge in [0.15, 0.2) is 0 Å². The third-order valence-corrected chi connectivity index (χ3v) is 4.52. The van der Waals surface area contributed by atoms with Gasteiger partial charge in [0.1, 0.15) is 0 Å². The van der Waals surface area contributed by atoms with Crippen LogP contribution in [-0.2, 0) is 10.5 Å². The molecule has 2 aromatic rings. The fourth-order valence-electron chi connectivity index (χ4n) is 1.41. The molecule has 0 saturated heterocycles. The van der Waals surface area contributed by atoms with Gasteiger partial charge in [0.05, 0.1) is 32.9 Å². The number of hydrogen-bond donors (Lipinski definition) is 1. The first-order valence-electron chi connectivity index (χ1n) is 5.75. The molecule has 1 aromatic carbocycles. The lowest BCUT2D eigenvalue weighted by Crippen LogP contribution is -2.22. The summed E-state index contributed by atoms with van der Waals surface area (Å²) < 4.78 is 1.60. The second kappa shape index (κ2) is 6.47. The second-order valence-electron chi connectivity index (χ2n) is 4.11. The Labute approximate surface area is 130 Å². The summed E-state index contributed by atoms with van der Waals surface area (Å²) in [6, 6.07) is 5.21. The van der Waals surface area contributed by atoms with Gasteiger partial charge in [0.2, 0.25) is 5.91 Å². The van der Waals surface area contributed by atoms with E-state index in [1.165, 1.54) is 11.8 Å². The first-order valence-corrected chi connectivity index (χ1v) is 7.55. The number of primary amides is 1. The summed E-state index contributed by atoms with van der Waals surface area (Å²) in [5.41, 5.74) is 6.73. The highest BCUT2D eigenvalue weighted by Gasteiger charge is 2.11. The van der Waals surface area contributed by atoms with Crippen LogP contribution in [0.1, 0.15) is 12.6 Å². The van der Waals surface area contributed by atoms with Crippen molar-refractivity contribution in [3.05, 3.63) is 40.1 Å². The molecule has 2 rings (SSSR count). The van der Waals surface area contributed by atoms with Crippen molar-refractivity contribution in [1.82, 2.24) is 15.0 Å². The third-order valence-electron chi connectivity index (χ3n) is 2.59. The Hall–Kier alpha value is -1.24. The second-order valence-corrected chi connectivity index (χ2v) is 6.25. The summed E-state index contributed by atoms with van der Waals surface area (Å²) in [4.78, 5) is 10.9. The summed E-state index contributed by atoms with van der Waals surface area (Å²) >= 11 is 13.2. The first kappa shape index (κ1) is 15.2. The number of carbonyl (C=O) groups excluding carboxylic acids is 1. The monoisotopic (exact) mass is 330 g/mol. The standard InChI is InChI=1S/C12H12Cl2N4OS/c1-7(12(15)19)20-6-8-5-18(17-16-8)9-2-3-10(13)11(14)4-9/h2-5,7H,6H2,1H3,(H2,15,19)/t7-/m1/s1. The molecule has 20 heavy (non-hydrogen) atoms. The van der Waals surface area contributed by atoms with Gasteiger partial charge in [-0.05, 0) is 25.1 Å². The highest BCUT2D eigenvalue weighted by molar-refractivity contribution is 7.99. The van der Waals surface area contributed by atoms with Gasteiger partial charge in [-0.1, -0.05) is 28.4 Å². The molecule has 0 aliphatic heterocycles. The molecule has 106 valence electrons. The molecule has 2 N–H and O–H groups in total. The van der Waals surface area contributed by atoms with Crippen LogP contribution >= 0.6 is 35.0 Å². The number of rotatable bonds is 5. The van der Waals surface area contributed by atoms with E-state index in [4.69, 9.17) is 28.9 Å². The van der Waals surface area contributed by atoms with Crippen LogP contribution in [0.2, 0.25) is 10.0 Å². The first-order chi connectivity index (χ1) is 9.47. The molecule has 0 bridgehead atoms. The number of benzene rings is 1. The Balaban J connectivity index is 2.08. The van der Waals surface area contributed by atoms with Gasteiger partial charge in [-0.3, -0.25) is 4.79 Å². The molecule has 0 fully saturated rings. The molecule has 1 atom stereocenters. The van der Waals surface area contributed by atoms with Crippen molar-refractivity contribution in [2.24, 2.45) is 5.73 Å². The predicted octanol–water partition coefficient (Wildman–Crippen LogP) is 2.68. The highest BCUT2D eigenvalue weighted by atomic mass is 35.5. The van der Waals surface area contributed by atoms with Gasteiger partial charge < -0.3 is 5.73 Å². The van der Waals surface area contributed by atoms with E-state index in [1.54, 1.807) is 36.0 Å². The maximum absolute atomic E-state index is 10.9. The molecule has 1 amide bonds. The van der Waals surface area contributed by atoms with Crippen LogP contribution in [0, 0.1) is 0 Å². The number of amides is 1. The van der Waals surface area contributed by atoms with E-state index in [2.05, 4.69) is 10.3 Å². The Morgan fingerprint density at radius 1 is 1.45 bits per heavy atom. The molecule has 0 radical (unpaired) electrons. The lowest BCUT2D eigenvalue weighted by atomic mass is 10.3. The fraction of sp³-hybridized carbons (Fsp3) is 0.250. The van der Waals surface area contributed by atoms with Crippen LogP contribution in [0.3, 0.4) is 0 Å². The summed E-state index contributed by atoms with van der Waals surface area (Å²) in [5.74, 6) is 0.220. The van der Waals surface area contributed by atoms with Crippen molar-refractivity contribution in [1.29, 1.82) is 0 Å². The molecule has 8 heteroatoms. The minimum atomic E-state index is -0.341. The van der Waals surface area contributed by atoms with E-state index >= 15 is 0 Å². The van der Waals surface area contributed by atoms with Crippen LogP contribution in [0.5, 0.6) is 0 Å². The van der Waals surface area contributed by atoms with E-state index in [9.17, 15) is 4.79 Å².